The molecule has 0 amide bonds. The molecule has 1 aliphatic heterocycles. The first kappa shape index (κ1) is 14.4. The molecule has 2 aromatic carbocycles. The van der Waals surface area contributed by atoms with Crippen LogP contribution in [0.4, 0.5) is 5.69 Å². The highest BCUT2D eigenvalue weighted by Gasteiger charge is 2.24. The molecule has 1 aliphatic rings. The lowest BCUT2D eigenvalue weighted by Crippen LogP contribution is -2.24. The van der Waals surface area contributed by atoms with Gasteiger partial charge in [0.15, 0.2) is 0 Å². The number of hydrogen-bond donors (Lipinski definition) is 1. The summed E-state index contributed by atoms with van der Waals surface area (Å²) >= 11 is 6.37. The minimum Gasteiger partial charge on any atom is -0.387 e. The molecule has 110 valence electrons. The van der Waals surface area contributed by atoms with Gasteiger partial charge in [0.25, 0.3) is 0 Å². The van der Waals surface area contributed by atoms with Crippen LogP contribution in [0.3, 0.4) is 0 Å². The quantitative estimate of drug-likeness (QED) is 0.902. The Labute approximate surface area is 131 Å². The lowest BCUT2D eigenvalue weighted by Gasteiger charge is -2.22. The molecule has 0 fully saturated rings. The lowest BCUT2D eigenvalue weighted by atomic mass is 9.87. The zero-order valence-corrected chi connectivity index (χ0v) is 13.3. The maximum Gasteiger partial charge on any atom is 0.0640 e. The highest BCUT2D eigenvalue weighted by molar-refractivity contribution is 6.33. The summed E-state index contributed by atoms with van der Waals surface area (Å²) < 4.78 is 0. The highest BCUT2D eigenvalue weighted by Crippen LogP contribution is 2.36. The Morgan fingerprint density at radius 1 is 1.19 bits per heavy atom. The Kier molecular flexibility index (Phi) is 4.18. The maximum atomic E-state index is 6.37. The van der Waals surface area contributed by atoms with E-state index in [1.54, 1.807) is 0 Å². The van der Waals surface area contributed by atoms with Gasteiger partial charge >= 0.3 is 0 Å². The first-order chi connectivity index (χ1) is 10.2. The first-order valence-corrected chi connectivity index (χ1v) is 7.80. The molecule has 0 saturated carbocycles. The molecule has 0 aromatic heterocycles. The van der Waals surface area contributed by atoms with Gasteiger partial charge in [0, 0.05) is 26.1 Å². The lowest BCUT2D eigenvalue weighted by molar-refractivity contribution is 0.338. The Hall–Kier alpha value is -1.51. The van der Waals surface area contributed by atoms with Crippen LogP contribution in [-0.4, -0.2) is 32.1 Å². The van der Waals surface area contributed by atoms with Gasteiger partial charge in [-0.3, -0.25) is 0 Å². The second-order valence-electron chi connectivity index (χ2n) is 5.76. The van der Waals surface area contributed by atoms with Crippen LogP contribution in [0.5, 0.6) is 0 Å². The van der Waals surface area contributed by atoms with E-state index in [9.17, 15) is 0 Å². The second-order valence-corrected chi connectivity index (χ2v) is 6.16. The van der Waals surface area contributed by atoms with Crippen LogP contribution >= 0.6 is 11.6 Å². The molecular formula is C18H21ClN2. The van der Waals surface area contributed by atoms with Gasteiger partial charge in [0.05, 0.1) is 10.7 Å². The monoisotopic (exact) mass is 300 g/mol. The van der Waals surface area contributed by atoms with Crippen molar-refractivity contribution in [2.75, 3.05) is 32.5 Å². The van der Waals surface area contributed by atoms with Crippen LogP contribution in [0, 0.1) is 0 Å². The number of anilines is 1. The fraction of sp³-hybridized carbons (Fsp3) is 0.333. The van der Waals surface area contributed by atoms with Crippen molar-refractivity contribution in [3.05, 3.63) is 64.2 Å². The van der Waals surface area contributed by atoms with E-state index in [1.165, 1.54) is 16.7 Å². The number of benzene rings is 2. The largest absolute Gasteiger partial charge is 0.387 e. The normalized spacial score (nSPS) is 18.9. The number of nitrogens with zero attached hydrogens (tertiary/aromatic N) is 1. The molecule has 0 aliphatic carbocycles. The molecule has 1 heterocycles. The summed E-state index contributed by atoms with van der Waals surface area (Å²) in [7, 11) is 4.12. The summed E-state index contributed by atoms with van der Waals surface area (Å²) in [6.07, 6.45) is 1.05. The molecule has 0 spiro atoms. The van der Waals surface area contributed by atoms with Gasteiger partial charge in [-0.25, -0.2) is 0 Å². The molecule has 2 aromatic rings. The highest BCUT2D eigenvalue weighted by atomic mass is 35.5. The summed E-state index contributed by atoms with van der Waals surface area (Å²) in [5, 5.41) is 4.02. The van der Waals surface area contributed by atoms with Crippen LogP contribution in [0.15, 0.2) is 42.5 Å². The third-order valence-corrected chi connectivity index (χ3v) is 4.65. The van der Waals surface area contributed by atoms with E-state index in [2.05, 4.69) is 59.7 Å². The van der Waals surface area contributed by atoms with E-state index in [-0.39, 0.29) is 0 Å². The summed E-state index contributed by atoms with van der Waals surface area (Å²) in [6.45, 7) is 2.12. The number of fused-ring (bicyclic) bond motifs is 1. The number of rotatable bonds is 2. The third-order valence-electron chi connectivity index (χ3n) is 4.33. The molecule has 0 radical (unpaired) electrons. The zero-order chi connectivity index (χ0) is 14.8. The molecule has 0 saturated heterocycles. The number of hydrogen-bond acceptors (Lipinski definition) is 2. The maximum absolute atomic E-state index is 6.37. The van der Waals surface area contributed by atoms with Gasteiger partial charge in [0.2, 0.25) is 0 Å². The average Bonchev–Trinajstić information content (AvgIpc) is 2.67. The molecule has 0 unspecified atom stereocenters. The minimum atomic E-state index is 0.401. The van der Waals surface area contributed by atoms with Crippen molar-refractivity contribution in [2.24, 2.45) is 0 Å². The zero-order valence-electron chi connectivity index (χ0n) is 12.6. The summed E-state index contributed by atoms with van der Waals surface area (Å²) in [5.41, 5.74) is 5.16. The fourth-order valence-electron chi connectivity index (χ4n) is 3.15. The number of likely N-dealkylation sites (N-methyl/N-ethyl adjacent to an activating group) is 1. The van der Waals surface area contributed by atoms with Crippen LogP contribution < -0.4 is 5.32 Å². The standard InChI is InChI=1S/C18H21ClN2/c1-20-18-11-15-14(10-17(18)19)8-9-21(2)12-16(15)13-6-4-3-5-7-13/h3-7,10-11,16,20H,8-9,12H2,1-2H3/t16-/m1/s1. The van der Waals surface area contributed by atoms with Gasteiger partial charge in [-0.15, -0.1) is 0 Å². The van der Waals surface area contributed by atoms with E-state index in [0.29, 0.717) is 5.92 Å². The van der Waals surface area contributed by atoms with Crippen LogP contribution in [0.2, 0.25) is 5.02 Å². The van der Waals surface area contributed by atoms with Crippen molar-refractivity contribution < 1.29 is 0 Å². The van der Waals surface area contributed by atoms with Crippen molar-refractivity contribution in [3.8, 4) is 0 Å². The molecule has 21 heavy (non-hydrogen) atoms. The first-order valence-electron chi connectivity index (χ1n) is 7.42. The Morgan fingerprint density at radius 2 is 1.95 bits per heavy atom. The predicted molar refractivity (Wildman–Crippen MR) is 90.5 cm³/mol. The molecule has 1 atom stereocenters. The minimum absolute atomic E-state index is 0.401. The molecule has 2 nitrogen and oxygen atoms in total. The van der Waals surface area contributed by atoms with E-state index < -0.39 is 0 Å². The van der Waals surface area contributed by atoms with E-state index in [0.717, 1.165) is 30.2 Å². The average molecular weight is 301 g/mol. The van der Waals surface area contributed by atoms with Crippen molar-refractivity contribution >= 4 is 17.3 Å². The second kappa shape index (κ2) is 6.08. The Morgan fingerprint density at radius 3 is 2.67 bits per heavy atom. The number of nitrogens with one attached hydrogen (secondary N) is 1. The van der Waals surface area contributed by atoms with E-state index in [4.69, 9.17) is 11.6 Å². The van der Waals surface area contributed by atoms with Crippen molar-refractivity contribution in [3.63, 3.8) is 0 Å². The topological polar surface area (TPSA) is 15.3 Å². The summed E-state index contributed by atoms with van der Waals surface area (Å²) in [4.78, 5) is 2.41. The van der Waals surface area contributed by atoms with E-state index in [1.807, 2.05) is 7.05 Å². The van der Waals surface area contributed by atoms with Gasteiger partial charge in [-0.2, -0.15) is 0 Å². The fourth-order valence-corrected chi connectivity index (χ4v) is 3.43. The molecular weight excluding hydrogens is 280 g/mol. The van der Waals surface area contributed by atoms with Crippen LogP contribution in [0.25, 0.3) is 0 Å². The smallest absolute Gasteiger partial charge is 0.0640 e. The molecule has 3 heteroatoms. The molecule has 1 N–H and O–H groups in total. The van der Waals surface area contributed by atoms with Crippen LogP contribution in [0.1, 0.15) is 22.6 Å². The Balaban J connectivity index is 2.12. The summed E-state index contributed by atoms with van der Waals surface area (Å²) in [5.74, 6) is 0.401. The third kappa shape index (κ3) is 2.92. The summed E-state index contributed by atoms with van der Waals surface area (Å²) in [6, 6.07) is 15.1. The van der Waals surface area contributed by atoms with Crippen molar-refractivity contribution in [1.82, 2.24) is 4.90 Å². The molecule has 3 rings (SSSR count). The van der Waals surface area contributed by atoms with Crippen molar-refractivity contribution in [2.45, 2.75) is 12.3 Å². The van der Waals surface area contributed by atoms with Gasteiger partial charge in [-0.1, -0.05) is 41.9 Å². The van der Waals surface area contributed by atoms with Gasteiger partial charge in [-0.05, 0) is 42.3 Å². The van der Waals surface area contributed by atoms with Crippen LogP contribution in [-0.2, 0) is 6.42 Å². The predicted octanol–water partition coefficient (Wildman–Crippen LogP) is 4.00. The molecule has 0 bridgehead atoms. The van der Waals surface area contributed by atoms with Crippen molar-refractivity contribution in [1.29, 1.82) is 0 Å². The SMILES string of the molecule is CNc1cc2c(cc1Cl)CCN(C)C[C@@H]2c1ccccc1. The Bertz CT molecular complexity index is 625. The van der Waals surface area contributed by atoms with Gasteiger partial charge in [0.1, 0.15) is 0 Å². The van der Waals surface area contributed by atoms with Gasteiger partial charge < -0.3 is 10.2 Å². The number of halogens is 1. The van der Waals surface area contributed by atoms with E-state index >= 15 is 0 Å².